The van der Waals surface area contributed by atoms with Crippen LogP contribution in [0.15, 0.2) is 36.9 Å². The topological polar surface area (TPSA) is 85.1 Å². The zero-order chi connectivity index (χ0) is 15.1. The van der Waals surface area contributed by atoms with E-state index in [2.05, 4.69) is 25.4 Å². The fourth-order valence-electron chi connectivity index (χ4n) is 2.12. The van der Waals surface area contributed by atoms with E-state index < -0.39 is 0 Å². The van der Waals surface area contributed by atoms with E-state index in [1.807, 2.05) is 19.1 Å². The minimum atomic E-state index is -0.272. The lowest BCUT2D eigenvalue weighted by molar-refractivity contribution is 0.102. The number of nitrogens with one attached hydrogen (secondary N) is 1. The van der Waals surface area contributed by atoms with Crippen LogP contribution in [0.5, 0.6) is 0 Å². The van der Waals surface area contributed by atoms with Crippen molar-refractivity contribution < 1.29 is 4.79 Å². The van der Waals surface area contributed by atoms with Gasteiger partial charge in [0.1, 0.15) is 5.52 Å². The highest BCUT2D eigenvalue weighted by molar-refractivity contribution is 7.20. The van der Waals surface area contributed by atoms with Crippen LogP contribution in [0.1, 0.15) is 15.5 Å². The summed E-state index contributed by atoms with van der Waals surface area (Å²) in [6.07, 6.45) is 6.65. The second-order valence-corrected chi connectivity index (χ2v) is 5.78. The first-order valence-corrected chi connectivity index (χ1v) is 7.35. The van der Waals surface area contributed by atoms with Gasteiger partial charge >= 0.3 is 0 Å². The lowest BCUT2D eigenvalue weighted by atomic mass is 10.4. The summed E-state index contributed by atoms with van der Waals surface area (Å²) in [5, 5.41) is 7.44. The van der Waals surface area contributed by atoms with Crippen LogP contribution in [0.25, 0.3) is 15.9 Å². The summed E-state index contributed by atoms with van der Waals surface area (Å²) < 4.78 is 2.56. The van der Waals surface area contributed by atoms with Crippen LogP contribution in [0.4, 0.5) is 5.69 Å². The Balaban J connectivity index is 1.64. The molecule has 4 heterocycles. The Labute approximate surface area is 128 Å². The molecule has 0 aliphatic carbocycles. The van der Waals surface area contributed by atoms with E-state index in [4.69, 9.17) is 0 Å². The molecule has 22 heavy (non-hydrogen) atoms. The van der Waals surface area contributed by atoms with Crippen molar-refractivity contribution in [3.63, 3.8) is 0 Å². The molecule has 108 valence electrons. The number of aryl methyl sites for hydroxylation is 1. The number of thiazole rings is 1. The number of carbonyl (C=O) groups is 1. The number of aromatic nitrogens is 5. The standard InChI is InChI=1S/C14H10N6OS/c1-8-4-12-16-5-9(7-20(12)19-8)17-13(21)14-18-10-6-15-3-2-11(10)22-14/h2-7H,1H3,(H,17,21). The second-order valence-electron chi connectivity index (χ2n) is 4.75. The van der Waals surface area contributed by atoms with E-state index in [9.17, 15) is 4.79 Å². The van der Waals surface area contributed by atoms with Gasteiger partial charge in [-0.2, -0.15) is 5.10 Å². The van der Waals surface area contributed by atoms with Gasteiger partial charge in [0, 0.05) is 12.3 Å². The maximum atomic E-state index is 12.3. The van der Waals surface area contributed by atoms with Crippen LogP contribution < -0.4 is 5.32 Å². The van der Waals surface area contributed by atoms with Gasteiger partial charge in [-0.1, -0.05) is 0 Å². The normalized spacial score (nSPS) is 11.1. The fraction of sp³-hybridized carbons (Fsp3) is 0.0714. The molecule has 0 aliphatic rings. The van der Waals surface area contributed by atoms with Crippen LogP contribution >= 0.6 is 11.3 Å². The molecule has 0 bridgehead atoms. The highest BCUT2D eigenvalue weighted by Crippen LogP contribution is 2.21. The summed E-state index contributed by atoms with van der Waals surface area (Å²) in [6.45, 7) is 1.89. The van der Waals surface area contributed by atoms with Crippen molar-refractivity contribution in [2.75, 3.05) is 5.32 Å². The van der Waals surface area contributed by atoms with Gasteiger partial charge in [-0.05, 0) is 13.0 Å². The van der Waals surface area contributed by atoms with Crippen LogP contribution in [0.3, 0.4) is 0 Å². The summed E-state index contributed by atoms with van der Waals surface area (Å²) in [6, 6.07) is 3.70. The molecule has 4 aromatic rings. The van der Waals surface area contributed by atoms with Crippen LogP contribution in [-0.4, -0.2) is 30.5 Å². The number of hydrogen-bond acceptors (Lipinski definition) is 6. The number of anilines is 1. The van der Waals surface area contributed by atoms with Crippen molar-refractivity contribution >= 4 is 38.8 Å². The molecule has 8 heteroatoms. The van der Waals surface area contributed by atoms with Gasteiger partial charge in [0.25, 0.3) is 5.91 Å². The smallest absolute Gasteiger partial charge is 0.284 e. The molecule has 0 atom stereocenters. The number of carbonyl (C=O) groups excluding carboxylic acids is 1. The van der Waals surface area contributed by atoms with Crippen molar-refractivity contribution in [2.24, 2.45) is 0 Å². The largest absolute Gasteiger partial charge is 0.317 e. The van der Waals surface area contributed by atoms with Crippen molar-refractivity contribution in [1.29, 1.82) is 0 Å². The first kappa shape index (κ1) is 12.8. The van der Waals surface area contributed by atoms with Crippen LogP contribution in [0, 0.1) is 6.92 Å². The van der Waals surface area contributed by atoms with Gasteiger partial charge in [-0.15, -0.1) is 11.3 Å². The minimum absolute atomic E-state index is 0.272. The third kappa shape index (κ3) is 2.19. The molecule has 0 saturated heterocycles. The number of pyridine rings is 1. The summed E-state index contributed by atoms with van der Waals surface area (Å²) in [7, 11) is 0. The fourth-order valence-corrected chi connectivity index (χ4v) is 2.95. The van der Waals surface area contributed by atoms with Crippen molar-refractivity contribution in [3.8, 4) is 0 Å². The molecule has 4 aromatic heterocycles. The number of fused-ring (bicyclic) bond motifs is 2. The number of rotatable bonds is 2. The number of amides is 1. The zero-order valence-corrected chi connectivity index (χ0v) is 12.3. The van der Waals surface area contributed by atoms with Gasteiger partial charge in [-0.25, -0.2) is 14.5 Å². The Bertz CT molecular complexity index is 972. The molecule has 0 fully saturated rings. The van der Waals surface area contributed by atoms with E-state index >= 15 is 0 Å². The Hall–Kier alpha value is -2.87. The van der Waals surface area contributed by atoms with E-state index in [1.54, 1.807) is 29.3 Å². The Morgan fingerprint density at radius 3 is 3.14 bits per heavy atom. The third-order valence-corrected chi connectivity index (χ3v) is 4.11. The molecular weight excluding hydrogens is 300 g/mol. The molecule has 1 amide bonds. The van der Waals surface area contributed by atoms with Gasteiger partial charge in [0.15, 0.2) is 10.7 Å². The highest BCUT2D eigenvalue weighted by Gasteiger charge is 2.13. The van der Waals surface area contributed by atoms with Gasteiger partial charge in [0.2, 0.25) is 0 Å². The predicted octanol–water partition coefficient (Wildman–Crippen LogP) is 2.29. The summed E-state index contributed by atoms with van der Waals surface area (Å²) in [5.74, 6) is -0.272. The molecule has 7 nitrogen and oxygen atoms in total. The maximum absolute atomic E-state index is 12.3. The zero-order valence-electron chi connectivity index (χ0n) is 11.5. The van der Waals surface area contributed by atoms with Crippen molar-refractivity contribution in [2.45, 2.75) is 6.92 Å². The van der Waals surface area contributed by atoms with Gasteiger partial charge in [0.05, 0.1) is 34.7 Å². The van der Waals surface area contributed by atoms with E-state index in [0.717, 1.165) is 16.0 Å². The van der Waals surface area contributed by atoms with Crippen LogP contribution in [-0.2, 0) is 0 Å². The molecule has 0 unspecified atom stereocenters. The average molecular weight is 310 g/mol. The van der Waals surface area contributed by atoms with Crippen molar-refractivity contribution in [1.82, 2.24) is 24.6 Å². The summed E-state index contributed by atoms with van der Waals surface area (Å²) in [5.41, 5.74) is 2.89. The third-order valence-electron chi connectivity index (χ3n) is 3.08. The Morgan fingerprint density at radius 1 is 1.36 bits per heavy atom. The van der Waals surface area contributed by atoms with Crippen molar-refractivity contribution in [3.05, 3.63) is 47.6 Å². The summed E-state index contributed by atoms with van der Waals surface area (Å²) in [4.78, 5) is 24.8. The first-order chi connectivity index (χ1) is 10.7. The lowest BCUT2D eigenvalue weighted by Crippen LogP contribution is -2.12. The molecule has 0 aliphatic heterocycles. The first-order valence-electron chi connectivity index (χ1n) is 6.53. The molecule has 0 radical (unpaired) electrons. The lowest BCUT2D eigenvalue weighted by Gasteiger charge is -2.02. The molecule has 0 saturated carbocycles. The minimum Gasteiger partial charge on any atom is -0.317 e. The average Bonchev–Trinajstić information content (AvgIpc) is 3.08. The summed E-state index contributed by atoms with van der Waals surface area (Å²) >= 11 is 1.33. The van der Waals surface area contributed by atoms with Crippen LogP contribution in [0.2, 0.25) is 0 Å². The number of hydrogen-bond donors (Lipinski definition) is 1. The second kappa shape index (κ2) is 4.85. The molecular formula is C14H10N6OS. The van der Waals surface area contributed by atoms with E-state index in [1.165, 1.54) is 11.3 Å². The Kier molecular flexibility index (Phi) is 2.83. The van der Waals surface area contributed by atoms with Gasteiger partial charge < -0.3 is 5.32 Å². The molecule has 4 rings (SSSR count). The monoisotopic (exact) mass is 310 g/mol. The SMILES string of the molecule is Cc1cc2ncc(NC(=O)c3nc4cnccc4s3)cn2n1. The van der Waals surface area contributed by atoms with Gasteiger partial charge in [-0.3, -0.25) is 9.78 Å². The maximum Gasteiger partial charge on any atom is 0.284 e. The molecule has 0 spiro atoms. The van der Waals surface area contributed by atoms with E-state index in [0.29, 0.717) is 16.2 Å². The molecule has 0 aromatic carbocycles. The predicted molar refractivity (Wildman–Crippen MR) is 83.1 cm³/mol. The number of nitrogens with zero attached hydrogens (tertiary/aromatic N) is 5. The Morgan fingerprint density at radius 2 is 2.27 bits per heavy atom. The quantitative estimate of drug-likeness (QED) is 0.614. The molecule has 1 N–H and O–H groups in total. The van der Waals surface area contributed by atoms with E-state index in [-0.39, 0.29) is 5.91 Å². The highest BCUT2D eigenvalue weighted by atomic mass is 32.1.